The predicted molar refractivity (Wildman–Crippen MR) is 48.7 cm³/mol. The third-order valence-corrected chi connectivity index (χ3v) is 1.81. The molecule has 0 aromatic heterocycles. The van der Waals surface area contributed by atoms with Crippen LogP contribution in [0.4, 0.5) is 0 Å². The molecule has 0 saturated carbocycles. The van der Waals surface area contributed by atoms with Gasteiger partial charge in [-0.1, -0.05) is 29.8 Å². The van der Waals surface area contributed by atoms with E-state index in [1.54, 1.807) is 12.1 Å². The molecule has 70 valence electrons. The van der Waals surface area contributed by atoms with Crippen LogP contribution < -0.4 is 0 Å². The SMILES string of the molecule is O=C(O)COCc1ccccc1Cl. The highest BCUT2D eigenvalue weighted by Gasteiger charge is 2.00. The molecule has 0 aliphatic rings. The van der Waals surface area contributed by atoms with E-state index in [-0.39, 0.29) is 13.2 Å². The maximum absolute atomic E-state index is 10.1. The molecule has 0 atom stereocenters. The molecule has 13 heavy (non-hydrogen) atoms. The van der Waals surface area contributed by atoms with E-state index >= 15 is 0 Å². The van der Waals surface area contributed by atoms with Crippen LogP contribution in [0, 0.1) is 0 Å². The van der Waals surface area contributed by atoms with E-state index in [1.165, 1.54) is 0 Å². The molecule has 1 aromatic rings. The van der Waals surface area contributed by atoms with Gasteiger partial charge in [0.15, 0.2) is 0 Å². The molecule has 1 N–H and O–H groups in total. The van der Waals surface area contributed by atoms with Crippen LogP contribution in [0.5, 0.6) is 0 Å². The minimum absolute atomic E-state index is 0.228. The van der Waals surface area contributed by atoms with Gasteiger partial charge >= 0.3 is 5.97 Å². The van der Waals surface area contributed by atoms with Gasteiger partial charge < -0.3 is 9.84 Å². The van der Waals surface area contributed by atoms with E-state index in [0.717, 1.165) is 5.56 Å². The molecule has 1 rings (SSSR count). The van der Waals surface area contributed by atoms with Crippen molar-refractivity contribution in [1.29, 1.82) is 0 Å². The summed E-state index contributed by atoms with van der Waals surface area (Å²) in [7, 11) is 0. The Kier molecular flexibility index (Phi) is 3.73. The second kappa shape index (κ2) is 4.84. The Bertz CT molecular complexity index is 299. The zero-order chi connectivity index (χ0) is 9.68. The highest BCUT2D eigenvalue weighted by Crippen LogP contribution is 2.15. The average Bonchev–Trinajstić information content (AvgIpc) is 2.08. The maximum Gasteiger partial charge on any atom is 0.329 e. The van der Waals surface area contributed by atoms with E-state index in [1.807, 2.05) is 12.1 Å². The summed E-state index contributed by atoms with van der Waals surface area (Å²) in [6, 6.07) is 7.17. The van der Waals surface area contributed by atoms with Crippen LogP contribution in [-0.4, -0.2) is 17.7 Å². The van der Waals surface area contributed by atoms with Crippen molar-refractivity contribution in [1.82, 2.24) is 0 Å². The molecule has 0 bridgehead atoms. The highest BCUT2D eigenvalue weighted by molar-refractivity contribution is 6.31. The van der Waals surface area contributed by atoms with Gasteiger partial charge in [0.05, 0.1) is 6.61 Å². The normalized spacial score (nSPS) is 9.92. The molecule has 0 radical (unpaired) electrons. The molecule has 0 aliphatic heterocycles. The van der Waals surface area contributed by atoms with Gasteiger partial charge in [0, 0.05) is 5.02 Å². The molecule has 4 heteroatoms. The van der Waals surface area contributed by atoms with Crippen molar-refractivity contribution in [3.05, 3.63) is 34.9 Å². The summed E-state index contributed by atoms with van der Waals surface area (Å²) in [6.07, 6.45) is 0. The number of rotatable bonds is 4. The molecule has 1 aromatic carbocycles. The van der Waals surface area contributed by atoms with Gasteiger partial charge in [0.25, 0.3) is 0 Å². The third kappa shape index (κ3) is 3.44. The number of carboxylic acids is 1. The van der Waals surface area contributed by atoms with Crippen molar-refractivity contribution in [2.45, 2.75) is 6.61 Å². The smallest absolute Gasteiger partial charge is 0.329 e. The van der Waals surface area contributed by atoms with Crippen LogP contribution in [0.25, 0.3) is 0 Å². The van der Waals surface area contributed by atoms with E-state index in [2.05, 4.69) is 0 Å². The van der Waals surface area contributed by atoms with E-state index in [9.17, 15) is 4.79 Å². The highest BCUT2D eigenvalue weighted by atomic mass is 35.5. The molecular formula is C9H9ClO3. The van der Waals surface area contributed by atoms with Gasteiger partial charge in [0.1, 0.15) is 6.61 Å². The monoisotopic (exact) mass is 200 g/mol. The molecule has 3 nitrogen and oxygen atoms in total. The Labute approximate surface area is 80.9 Å². The van der Waals surface area contributed by atoms with Crippen molar-refractivity contribution in [3.63, 3.8) is 0 Å². The molecule has 0 heterocycles. The second-order valence-electron chi connectivity index (χ2n) is 2.48. The van der Waals surface area contributed by atoms with Crippen LogP contribution in [0.1, 0.15) is 5.56 Å². The van der Waals surface area contributed by atoms with E-state index in [0.29, 0.717) is 5.02 Å². The van der Waals surface area contributed by atoms with Gasteiger partial charge in [-0.25, -0.2) is 4.79 Å². The van der Waals surface area contributed by atoms with Crippen LogP contribution in [0.15, 0.2) is 24.3 Å². The number of hydrogen-bond donors (Lipinski definition) is 1. The standard InChI is InChI=1S/C9H9ClO3/c10-8-4-2-1-3-7(8)5-13-6-9(11)12/h1-4H,5-6H2,(H,11,12). The Morgan fingerprint density at radius 2 is 2.15 bits per heavy atom. The summed E-state index contributed by atoms with van der Waals surface area (Å²) in [4.78, 5) is 10.1. The van der Waals surface area contributed by atoms with Crippen molar-refractivity contribution >= 4 is 17.6 Å². The van der Waals surface area contributed by atoms with Crippen molar-refractivity contribution in [3.8, 4) is 0 Å². The average molecular weight is 201 g/mol. The number of carboxylic acid groups (broad SMARTS) is 1. The molecule has 0 aliphatic carbocycles. The molecular weight excluding hydrogens is 192 g/mol. The Hall–Kier alpha value is -1.06. The quantitative estimate of drug-likeness (QED) is 0.808. The summed E-state index contributed by atoms with van der Waals surface area (Å²) in [5, 5.41) is 8.89. The third-order valence-electron chi connectivity index (χ3n) is 1.44. The van der Waals surface area contributed by atoms with Crippen LogP contribution in [-0.2, 0) is 16.1 Å². The van der Waals surface area contributed by atoms with Crippen LogP contribution >= 0.6 is 11.6 Å². The maximum atomic E-state index is 10.1. The topological polar surface area (TPSA) is 46.5 Å². The molecule has 0 fully saturated rings. The molecule has 0 saturated heterocycles. The molecule has 0 amide bonds. The minimum Gasteiger partial charge on any atom is -0.480 e. The first-order chi connectivity index (χ1) is 6.20. The van der Waals surface area contributed by atoms with Crippen molar-refractivity contribution in [2.75, 3.05) is 6.61 Å². The number of hydrogen-bond acceptors (Lipinski definition) is 2. The first-order valence-electron chi connectivity index (χ1n) is 3.73. The van der Waals surface area contributed by atoms with Gasteiger partial charge in [-0.15, -0.1) is 0 Å². The first kappa shape index (κ1) is 10.0. The fourth-order valence-corrected chi connectivity index (χ4v) is 1.05. The molecule has 0 unspecified atom stereocenters. The van der Waals surface area contributed by atoms with Crippen LogP contribution in [0.3, 0.4) is 0 Å². The summed E-state index contributed by atoms with van der Waals surface area (Å²) < 4.78 is 4.88. The van der Waals surface area contributed by atoms with Gasteiger partial charge in [-0.2, -0.15) is 0 Å². The van der Waals surface area contributed by atoms with Crippen LogP contribution in [0.2, 0.25) is 5.02 Å². The first-order valence-corrected chi connectivity index (χ1v) is 4.11. The zero-order valence-corrected chi connectivity index (χ0v) is 7.62. The largest absolute Gasteiger partial charge is 0.480 e. The zero-order valence-electron chi connectivity index (χ0n) is 6.87. The second-order valence-corrected chi connectivity index (χ2v) is 2.89. The van der Waals surface area contributed by atoms with Crippen molar-refractivity contribution in [2.24, 2.45) is 0 Å². The van der Waals surface area contributed by atoms with E-state index in [4.69, 9.17) is 21.4 Å². The van der Waals surface area contributed by atoms with Crippen molar-refractivity contribution < 1.29 is 14.6 Å². The number of aliphatic carboxylic acids is 1. The van der Waals surface area contributed by atoms with Gasteiger partial charge in [0.2, 0.25) is 0 Å². The number of benzene rings is 1. The van der Waals surface area contributed by atoms with Gasteiger partial charge in [-0.3, -0.25) is 0 Å². The molecule has 0 spiro atoms. The Morgan fingerprint density at radius 1 is 1.46 bits per heavy atom. The number of ether oxygens (including phenoxy) is 1. The Morgan fingerprint density at radius 3 is 2.77 bits per heavy atom. The fraction of sp³-hybridized carbons (Fsp3) is 0.222. The lowest BCUT2D eigenvalue weighted by atomic mass is 10.2. The lowest BCUT2D eigenvalue weighted by molar-refractivity contribution is -0.142. The fourth-order valence-electron chi connectivity index (χ4n) is 0.864. The Balaban J connectivity index is 2.45. The van der Waals surface area contributed by atoms with Gasteiger partial charge in [-0.05, 0) is 11.6 Å². The minimum atomic E-state index is -0.980. The summed E-state index contributed by atoms with van der Waals surface area (Å²) in [5.41, 5.74) is 0.797. The summed E-state index contributed by atoms with van der Waals surface area (Å²) in [5.74, 6) is -0.980. The number of halogens is 1. The van der Waals surface area contributed by atoms with E-state index < -0.39 is 5.97 Å². The summed E-state index contributed by atoms with van der Waals surface area (Å²) in [6.45, 7) is -0.0722. The summed E-state index contributed by atoms with van der Waals surface area (Å²) >= 11 is 5.81. The lowest BCUT2D eigenvalue weighted by Gasteiger charge is -2.02. The lowest BCUT2D eigenvalue weighted by Crippen LogP contribution is -2.06. The predicted octanol–water partition coefficient (Wildman–Crippen LogP) is 1.94. The number of carbonyl (C=O) groups is 1.